The maximum absolute atomic E-state index is 12.4. The van der Waals surface area contributed by atoms with Crippen LogP contribution in [-0.2, 0) is 14.6 Å². The third-order valence-corrected chi connectivity index (χ3v) is 5.29. The van der Waals surface area contributed by atoms with Crippen LogP contribution in [0.5, 0.6) is 0 Å². The maximum atomic E-state index is 12.4. The minimum absolute atomic E-state index is 0.110. The SMILES string of the molecule is CCC(C)(C(=O)CCCS(C)(=O)=O)N1CCCCC1. The van der Waals surface area contributed by atoms with E-state index in [2.05, 4.69) is 4.90 Å². The molecule has 1 rings (SSSR count). The van der Waals surface area contributed by atoms with E-state index in [0.29, 0.717) is 12.8 Å². The summed E-state index contributed by atoms with van der Waals surface area (Å²) in [4.78, 5) is 14.7. The largest absolute Gasteiger partial charge is 0.298 e. The van der Waals surface area contributed by atoms with Gasteiger partial charge in [0.25, 0.3) is 0 Å². The molecular weight excluding hydrogens is 262 g/mol. The third-order valence-electron chi connectivity index (χ3n) is 4.26. The number of piperidine rings is 1. The molecule has 1 aliphatic heterocycles. The maximum Gasteiger partial charge on any atom is 0.152 e. The van der Waals surface area contributed by atoms with Crippen LogP contribution in [0.4, 0.5) is 0 Å². The highest BCUT2D eigenvalue weighted by atomic mass is 32.2. The Morgan fingerprint density at radius 3 is 2.26 bits per heavy atom. The van der Waals surface area contributed by atoms with Gasteiger partial charge >= 0.3 is 0 Å². The molecule has 0 bridgehead atoms. The molecule has 0 aromatic heterocycles. The van der Waals surface area contributed by atoms with E-state index in [-0.39, 0.29) is 11.5 Å². The first kappa shape index (κ1) is 16.6. The Kier molecular flexibility index (Phi) is 5.99. The molecule has 5 heteroatoms. The highest BCUT2D eigenvalue weighted by Gasteiger charge is 2.37. The van der Waals surface area contributed by atoms with Crippen molar-refractivity contribution in [3.05, 3.63) is 0 Å². The molecule has 0 spiro atoms. The minimum atomic E-state index is -2.96. The Labute approximate surface area is 117 Å². The van der Waals surface area contributed by atoms with Crippen molar-refractivity contribution in [3.8, 4) is 0 Å². The lowest BCUT2D eigenvalue weighted by atomic mass is 9.87. The van der Waals surface area contributed by atoms with Gasteiger partial charge in [0.05, 0.1) is 11.3 Å². The predicted octanol–water partition coefficient (Wildman–Crippen LogP) is 2.03. The van der Waals surface area contributed by atoms with E-state index in [1.54, 1.807) is 0 Å². The van der Waals surface area contributed by atoms with Crippen molar-refractivity contribution < 1.29 is 13.2 Å². The van der Waals surface area contributed by atoms with E-state index in [9.17, 15) is 13.2 Å². The van der Waals surface area contributed by atoms with Gasteiger partial charge in [-0.2, -0.15) is 0 Å². The molecule has 4 nitrogen and oxygen atoms in total. The lowest BCUT2D eigenvalue weighted by Gasteiger charge is -2.42. The van der Waals surface area contributed by atoms with Crippen molar-refractivity contribution in [1.82, 2.24) is 4.90 Å². The van der Waals surface area contributed by atoms with Gasteiger partial charge < -0.3 is 0 Å². The number of ketones is 1. The Bertz CT molecular complexity index is 399. The van der Waals surface area contributed by atoms with E-state index in [4.69, 9.17) is 0 Å². The molecule has 0 radical (unpaired) electrons. The number of sulfone groups is 1. The van der Waals surface area contributed by atoms with Gasteiger partial charge in [-0.25, -0.2) is 8.42 Å². The highest BCUT2D eigenvalue weighted by Crippen LogP contribution is 2.26. The molecule has 0 N–H and O–H groups in total. The number of rotatable bonds is 7. The van der Waals surface area contributed by atoms with Crippen molar-refractivity contribution >= 4 is 15.6 Å². The first-order valence-corrected chi connectivity index (χ1v) is 9.32. The minimum Gasteiger partial charge on any atom is -0.298 e. The highest BCUT2D eigenvalue weighted by molar-refractivity contribution is 7.90. The van der Waals surface area contributed by atoms with Crippen LogP contribution in [0.2, 0.25) is 0 Å². The van der Waals surface area contributed by atoms with Crippen molar-refractivity contribution in [2.24, 2.45) is 0 Å². The summed E-state index contributed by atoms with van der Waals surface area (Å²) in [5, 5.41) is 0. The molecule has 1 atom stereocenters. The zero-order valence-corrected chi connectivity index (χ0v) is 13.3. The second-order valence-corrected chi connectivity index (χ2v) is 8.09. The van der Waals surface area contributed by atoms with Crippen LogP contribution >= 0.6 is 0 Å². The summed E-state index contributed by atoms with van der Waals surface area (Å²) in [7, 11) is -2.96. The zero-order valence-electron chi connectivity index (χ0n) is 12.4. The molecule has 1 fully saturated rings. The van der Waals surface area contributed by atoms with Crippen LogP contribution in [0.15, 0.2) is 0 Å². The Morgan fingerprint density at radius 1 is 1.21 bits per heavy atom. The van der Waals surface area contributed by atoms with E-state index in [0.717, 1.165) is 32.4 Å². The lowest BCUT2D eigenvalue weighted by molar-refractivity contribution is -0.131. The normalized spacial score (nSPS) is 21.0. The van der Waals surface area contributed by atoms with Gasteiger partial charge in [0.1, 0.15) is 9.84 Å². The molecule has 19 heavy (non-hydrogen) atoms. The Morgan fingerprint density at radius 2 is 1.79 bits per heavy atom. The molecule has 0 amide bonds. The molecule has 112 valence electrons. The molecule has 0 saturated carbocycles. The van der Waals surface area contributed by atoms with Crippen LogP contribution in [-0.4, -0.2) is 49.7 Å². The number of likely N-dealkylation sites (tertiary alicyclic amines) is 1. The summed E-state index contributed by atoms with van der Waals surface area (Å²) in [5.74, 6) is 0.305. The summed E-state index contributed by atoms with van der Waals surface area (Å²) in [6.07, 6.45) is 6.40. The van der Waals surface area contributed by atoms with Crippen LogP contribution in [0.1, 0.15) is 52.4 Å². The number of hydrogen-bond acceptors (Lipinski definition) is 4. The van der Waals surface area contributed by atoms with Gasteiger partial charge in [-0.1, -0.05) is 13.3 Å². The van der Waals surface area contributed by atoms with Crippen LogP contribution in [0.25, 0.3) is 0 Å². The van der Waals surface area contributed by atoms with E-state index in [1.165, 1.54) is 12.7 Å². The van der Waals surface area contributed by atoms with Crippen LogP contribution < -0.4 is 0 Å². The summed E-state index contributed by atoms with van der Waals surface area (Å²) in [6, 6.07) is 0. The predicted molar refractivity (Wildman–Crippen MR) is 78.1 cm³/mol. The van der Waals surface area contributed by atoms with Crippen molar-refractivity contribution in [1.29, 1.82) is 0 Å². The van der Waals surface area contributed by atoms with Crippen molar-refractivity contribution in [3.63, 3.8) is 0 Å². The number of hydrogen-bond donors (Lipinski definition) is 0. The van der Waals surface area contributed by atoms with E-state index in [1.807, 2.05) is 13.8 Å². The average Bonchev–Trinajstić information content (AvgIpc) is 2.37. The van der Waals surface area contributed by atoms with Gasteiger partial charge in [-0.05, 0) is 45.7 Å². The van der Waals surface area contributed by atoms with Gasteiger partial charge in [0.2, 0.25) is 0 Å². The monoisotopic (exact) mass is 289 g/mol. The van der Waals surface area contributed by atoms with E-state index >= 15 is 0 Å². The van der Waals surface area contributed by atoms with E-state index < -0.39 is 15.4 Å². The van der Waals surface area contributed by atoms with Crippen LogP contribution in [0.3, 0.4) is 0 Å². The average molecular weight is 289 g/mol. The first-order chi connectivity index (χ1) is 8.79. The molecule has 0 aliphatic carbocycles. The molecule has 1 heterocycles. The number of carbonyl (C=O) groups excluding carboxylic acids is 1. The Balaban J connectivity index is 2.59. The smallest absolute Gasteiger partial charge is 0.152 e. The molecule has 1 aliphatic rings. The molecular formula is C14H27NO3S. The van der Waals surface area contributed by atoms with Gasteiger partial charge in [0.15, 0.2) is 5.78 Å². The summed E-state index contributed by atoms with van der Waals surface area (Å²) < 4.78 is 22.2. The second kappa shape index (κ2) is 6.84. The molecule has 0 aromatic rings. The molecule has 1 unspecified atom stereocenters. The number of Topliss-reactive ketones (excluding diaryl/α,β-unsaturated/α-hetero) is 1. The van der Waals surface area contributed by atoms with Crippen molar-refractivity contribution in [2.45, 2.75) is 57.9 Å². The molecule has 1 saturated heterocycles. The fraction of sp³-hybridized carbons (Fsp3) is 0.929. The van der Waals surface area contributed by atoms with Gasteiger partial charge in [-0.15, -0.1) is 0 Å². The summed E-state index contributed by atoms with van der Waals surface area (Å²) in [6.45, 7) is 6.04. The van der Waals surface area contributed by atoms with Gasteiger partial charge in [0, 0.05) is 12.7 Å². The number of carbonyl (C=O) groups is 1. The van der Waals surface area contributed by atoms with Crippen molar-refractivity contribution in [2.75, 3.05) is 25.1 Å². The summed E-state index contributed by atoms with van der Waals surface area (Å²) >= 11 is 0. The van der Waals surface area contributed by atoms with Crippen LogP contribution in [0, 0.1) is 0 Å². The first-order valence-electron chi connectivity index (χ1n) is 7.25. The zero-order chi connectivity index (χ0) is 14.5. The molecule has 0 aromatic carbocycles. The summed E-state index contributed by atoms with van der Waals surface area (Å²) in [5.41, 5.74) is -0.405. The Hall–Kier alpha value is -0.420. The standard InChI is InChI=1S/C14H27NO3S/c1-4-14(2,15-10-6-5-7-11-15)13(16)9-8-12-19(3,17)18/h4-12H2,1-3H3. The third kappa shape index (κ3) is 4.88. The fourth-order valence-corrected chi connectivity index (χ4v) is 3.42. The quantitative estimate of drug-likeness (QED) is 0.719. The number of nitrogens with zero attached hydrogens (tertiary/aromatic N) is 1. The topological polar surface area (TPSA) is 54.5 Å². The fourth-order valence-electron chi connectivity index (χ4n) is 2.75. The van der Waals surface area contributed by atoms with Gasteiger partial charge in [-0.3, -0.25) is 9.69 Å². The second-order valence-electron chi connectivity index (χ2n) is 5.83. The lowest BCUT2D eigenvalue weighted by Crippen LogP contribution is -2.53.